The number of carbonyl (C=O) groups excluding carboxylic acids is 1. The van der Waals surface area contributed by atoms with Crippen LogP contribution >= 0.6 is 0 Å². The van der Waals surface area contributed by atoms with Crippen molar-refractivity contribution in [2.24, 2.45) is 0 Å². The topological polar surface area (TPSA) is 33.2 Å². The largest absolute Gasteiger partial charge is 0.308 e. The molecule has 0 N–H and O–H groups in total. The molecule has 1 aromatic heterocycles. The van der Waals surface area contributed by atoms with Gasteiger partial charge in [0.05, 0.1) is 5.52 Å². The molecule has 0 atom stereocenters. The summed E-state index contributed by atoms with van der Waals surface area (Å²) in [5.41, 5.74) is 3.91. The number of para-hydroxylation sites is 1. The molecule has 0 radical (unpaired) electrons. The van der Waals surface area contributed by atoms with Crippen LogP contribution in [0.25, 0.3) is 10.9 Å². The molecule has 21 heavy (non-hydrogen) atoms. The molecular formula is C18H14N2O. The lowest BCUT2D eigenvalue weighted by Crippen LogP contribution is -2.28. The van der Waals surface area contributed by atoms with Crippen LogP contribution < -0.4 is 4.90 Å². The van der Waals surface area contributed by atoms with Crippen molar-refractivity contribution in [3.63, 3.8) is 0 Å². The van der Waals surface area contributed by atoms with E-state index in [1.54, 1.807) is 6.20 Å². The third-order valence-corrected chi connectivity index (χ3v) is 3.98. The monoisotopic (exact) mass is 274 g/mol. The fourth-order valence-corrected chi connectivity index (χ4v) is 2.91. The minimum atomic E-state index is 0.0608. The number of hydrogen-bond donors (Lipinski definition) is 0. The summed E-state index contributed by atoms with van der Waals surface area (Å²) in [4.78, 5) is 18.9. The molecule has 1 aliphatic rings. The van der Waals surface area contributed by atoms with Gasteiger partial charge in [0.25, 0.3) is 5.91 Å². The molecule has 0 aliphatic carbocycles. The van der Waals surface area contributed by atoms with E-state index >= 15 is 0 Å². The summed E-state index contributed by atoms with van der Waals surface area (Å²) >= 11 is 0. The first-order valence-electron chi connectivity index (χ1n) is 7.07. The molecule has 3 heteroatoms. The minimum absolute atomic E-state index is 0.0608. The molecule has 1 amide bonds. The Kier molecular flexibility index (Phi) is 2.71. The number of pyridine rings is 1. The Morgan fingerprint density at radius 3 is 2.90 bits per heavy atom. The van der Waals surface area contributed by atoms with E-state index in [1.807, 2.05) is 53.4 Å². The number of anilines is 1. The maximum Gasteiger partial charge on any atom is 0.258 e. The highest BCUT2D eigenvalue weighted by Gasteiger charge is 2.25. The second kappa shape index (κ2) is 4.70. The predicted molar refractivity (Wildman–Crippen MR) is 83.6 cm³/mol. The van der Waals surface area contributed by atoms with Crippen molar-refractivity contribution in [1.29, 1.82) is 0 Å². The molecule has 3 nitrogen and oxygen atoms in total. The van der Waals surface area contributed by atoms with Crippen LogP contribution in [0.5, 0.6) is 0 Å². The van der Waals surface area contributed by atoms with Gasteiger partial charge in [-0.1, -0.05) is 24.3 Å². The molecule has 102 valence electrons. The van der Waals surface area contributed by atoms with Crippen molar-refractivity contribution in [2.45, 2.75) is 6.42 Å². The molecule has 0 bridgehead atoms. The van der Waals surface area contributed by atoms with Gasteiger partial charge in [-0.2, -0.15) is 0 Å². The predicted octanol–water partition coefficient (Wildman–Crippen LogP) is 3.44. The van der Waals surface area contributed by atoms with E-state index in [2.05, 4.69) is 11.1 Å². The van der Waals surface area contributed by atoms with Crippen LogP contribution in [-0.4, -0.2) is 17.4 Å². The number of benzene rings is 2. The first kappa shape index (κ1) is 12.1. The molecule has 4 rings (SSSR count). The second-order valence-corrected chi connectivity index (χ2v) is 5.25. The van der Waals surface area contributed by atoms with Gasteiger partial charge in [-0.05, 0) is 42.3 Å². The molecule has 2 aromatic carbocycles. The van der Waals surface area contributed by atoms with Crippen molar-refractivity contribution in [2.75, 3.05) is 11.4 Å². The Morgan fingerprint density at radius 2 is 1.95 bits per heavy atom. The summed E-state index contributed by atoms with van der Waals surface area (Å²) in [6.07, 6.45) is 2.69. The van der Waals surface area contributed by atoms with E-state index in [4.69, 9.17) is 0 Å². The SMILES string of the molecule is O=C(c1ccc2ncccc2c1)N1CCc2ccccc21. The third kappa shape index (κ3) is 1.98. The zero-order valence-electron chi connectivity index (χ0n) is 11.5. The van der Waals surface area contributed by atoms with Crippen molar-refractivity contribution in [3.8, 4) is 0 Å². The van der Waals surface area contributed by atoms with Crippen molar-refractivity contribution < 1.29 is 4.79 Å². The Balaban J connectivity index is 1.74. The Bertz CT molecular complexity index is 841. The summed E-state index contributed by atoms with van der Waals surface area (Å²) < 4.78 is 0. The molecule has 3 aromatic rings. The molecule has 0 unspecified atom stereocenters. The van der Waals surface area contributed by atoms with E-state index in [0.717, 1.165) is 29.6 Å². The van der Waals surface area contributed by atoms with Crippen LogP contribution in [0.2, 0.25) is 0 Å². The highest BCUT2D eigenvalue weighted by atomic mass is 16.2. The van der Waals surface area contributed by atoms with Crippen LogP contribution in [0.15, 0.2) is 60.8 Å². The third-order valence-electron chi connectivity index (χ3n) is 3.98. The standard InChI is InChI=1S/C18H14N2O/c21-18(20-11-9-13-4-1-2-6-17(13)20)15-7-8-16-14(12-15)5-3-10-19-16/h1-8,10,12H,9,11H2. The number of nitrogens with zero attached hydrogens (tertiary/aromatic N) is 2. The zero-order valence-corrected chi connectivity index (χ0v) is 11.5. The summed E-state index contributed by atoms with van der Waals surface area (Å²) in [5, 5.41) is 0.996. The van der Waals surface area contributed by atoms with Crippen LogP contribution in [0.1, 0.15) is 15.9 Å². The van der Waals surface area contributed by atoms with E-state index in [0.29, 0.717) is 5.56 Å². The number of hydrogen-bond acceptors (Lipinski definition) is 2. The molecule has 0 saturated carbocycles. The summed E-state index contributed by atoms with van der Waals surface area (Å²) in [5.74, 6) is 0.0608. The summed E-state index contributed by atoms with van der Waals surface area (Å²) in [6, 6.07) is 17.7. The molecule has 1 aliphatic heterocycles. The first-order valence-corrected chi connectivity index (χ1v) is 7.07. The number of fused-ring (bicyclic) bond motifs is 2. The van der Waals surface area contributed by atoms with Gasteiger partial charge in [0.1, 0.15) is 0 Å². The van der Waals surface area contributed by atoms with E-state index in [9.17, 15) is 4.79 Å². The maximum absolute atomic E-state index is 12.8. The smallest absolute Gasteiger partial charge is 0.258 e. The lowest BCUT2D eigenvalue weighted by Gasteiger charge is -2.17. The van der Waals surface area contributed by atoms with Gasteiger partial charge in [-0.15, -0.1) is 0 Å². The molecular weight excluding hydrogens is 260 g/mol. The first-order chi connectivity index (χ1) is 10.3. The van der Waals surface area contributed by atoms with Crippen molar-refractivity contribution in [1.82, 2.24) is 4.98 Å². The van der Waals surface area contributed by atoms with Crippen LogP contribution in [-0.2, 0) is 6.42 Å². The van der Waals surface area contributed by atoms with E-state index in [1.165, 1.54) is 5.56 Å². The quantitative estimate of drug-likeness (QED) is 0.681. The van der Waals surface area contributed by atoms with Crippen molar-refractivity contribution in [3.05, 3.63) is 71.9 Å². The van der Waals surface area contributed by atoms with Gasteiger partial charge in [0.15, 0.2) is 0 Å². The van der Waals surface area contributed by atoms with Crippen LogP contribution in [0.4, 0.5) is 5.69 Å². The lowest BCUT2D eigenvalue weighted by atomic mass is 10.1. The van der Waals surface area contributed by atoms with Crippen LogP contribution in [0, 0.1) is 0 Å². The normalized spacial score (nSPS) is 13.4. The fraction of sp³-hybridized carbons (Fsp3) is 0.111. The fourth-order valence-electron chi connectivity index (χ4n) is 2.91. The van der Waals surface area contributed by atoms with Crippen molar-refractivity contribution >= 4 is 22.5 Å². The van der Waals surface area contributed by atoms with Gasteiger partial charge < -0.3 is 4.90 Å². The van der Waals surface area contributed by atoms with Gasteiger partial charge in [-0.3, -0.25) is 9.78 Å². The minimum Gasteiger partial charge on any atom is -0.308 e. The molecule has 0 spiro atoms. The number of amides is 1. The van der Waals surface area contributed by atoms with Gasteiger partial charge in [0.2, 0.25) is 0 Å². The lowest BCUT2D eigenvalue weighted by molar-refractivity contribution is 0.0989. The summed E-state index contributed by atoms with van der Waals surface area (Å²) in [6.45, 7) is 0.753. The highest BCUT2D eigenvalue weighted by molar-refractivity contribution is 6.08. The summed E-state index contributed by atoms with van der Waals surface area (Å²) in [7, 11) is 0. The second-order valence-electron chi connectivity index (χ2n) is 5.25. The number of carbonyl (C=O) groups is 1. The van der Waals surface area contributed by atoms with E-state index < -0.39 is 0 Å². The number of aromatic nitrogens is 1. The van der Waals surface area contributed by atoms with Gasteiger partial charge in [0, 0.05) is 29.4 Å². The Labute approximate surface area is 122 Å². The Hall–Kier alpha value is -2.68. The average Bonchev–Trinajstić information content (AvgIpc) is 2.98. The maximum atomic E-state index is 12.8. The number of rotatable bonds is 1. The van der Waals surface area contributed by atoms with E-state index in [-0.39, 0.29) is 5.91 Å². The van der Waals surface area contributed by atoms with Crippen LogP contribution in [0.3, 0.4) is 0 Å². The zero-order chi connectivity index (χ0) is 14.2. The average molecular weight is 274 g/mol. The molecule has 0 fully saturated rings. The van der Waals surface area contributed by atoms with Gasteiger partial charge >= 0.3 is 0 Å². The molecule has 0 saturated heterocycles. The Morgan fingerprint density at radius 1 is 1.05 bits per heavy atom. The molecule has 2 heterocycles. The van der Waals surface area contributed by atoms with Gasteiger partial charge in [-0.25, -0.2) is 0 Å². The highest BCUT2D eigenvalue weighted by Crippen LogP contribution is 2.29.